The van der Waals surface area contributed by atoms with Gasteiger partial charge >= 0.3 is 0 Å². The van der Waals surface area contributed by atoms with Crippen LogP contribution in [0.3, 0.4) is 0 Å². The quantitative estimate of drug-likeness (QED) is 0.893. The number of amides is 2. The first-order valence-corrected chi connectivity index (χ1v) is 9.03. The number of sulfone groups is 1. The second kappa shape index (κ2) is 6.48. The van der Waals surface area contributed by atoms with Gasteiger partial charge in [0, 0.05) is 32.3 Å². The van der Waals surface area contributed by atoms with E-state index >= 15 is 0 Å². The number of rotatable bonds is 3. The zero-order chi connectivity index (χ0) is 16.3. The monoisotopic (exact) mass is 324 g/mol. The number of nitrogens with zero attached hydrogens (tertiary/aromatic N) is 1. The van der Waals surface area contributed by atoms with E-state index in [1.54, 1.807) is 17.0 Å². The van der Waals surface area contributed by atoms with Gasteiger partial charge in [0.2, 0.25) is 5.91 Å². The molecule has 0 aliphatic carbocycles. The first kappa shape index (κ1) is 16.5. The standard InChI is InChI=1S/C15H20N2O4S/c1-11(18)16-12-6-5-9-17(10-12)15(19)13-7-3-4-8-14(13)22(2,20)21/h3-4,7-8,12H,5-6,9-10H2,1-2H3,(H,16,18). The van der Waals surface area contributed by atoms with E-state index in [0.717, 1.165) is 19.1 Å². The molecule has 1 aromatic carbocycles. The molecule has 0 radical (unpaired) electrons. The maximum Gasteiger partial charge on any atom is 0.255 e. The Morgan fingerprint density at radius 2 is 1.95 bits per heavy atom. The summed E-state index contributed by atoms with van der Waals surface area (Å²) in [6.07, 6.45) is 2.68. The molecule has 1 heterocycles. The summed E-state index contributed by atoms with van der Waals surface area (Å²) in [4.78, 5) is 25.4. The summed E-state index contributed by atoms with van der Waals surface area (Å²) in [6.45, 7) is 2.41. The van der Waals surface area contributed by atoms with E-state index in [0.29, 0.717) is 13.1 Å². The summed E-state index contributed by atoms with van der Waals surface area (Å²) >= 11 is 0. The second-order valence-corrected chi connectivity index (χ2v) is 7.54. The highest BCUT2D eigenvalue weighted by molar-refractivity contribution is 7.90. The number of hydrogen-bond donors (Lipinski definition) is 1. The van der Waals surface area contributed by atoms with Crippen molar-refractivity contribution in [3.8, 4) is 0 Å². The zero-order valence-corrected chi connectivity index (χ0v) is 13.5. The predicted molar refractivity (Wildman–Crippen MR) is 82.3 cm³/mol. The van der Waals surface area contributed by atoms with E-state index < -0.39 is 9.84 Å². The van der Waals surface area contributed by atoms with Gasteiger partial charge in [0.15, 0.2) is 9.84 Å². The lowest BCUT2D eigenvalue weighted by Gasteiger charge is -2.33. The minimum Gasteiger partial charge on any atom is -0.352 e. The van der Waals surface area contributed by atoms with E-state index in [-0.39, 0.29) is 28.3 Å². The maximum atomic E-state index is 12.6. The molecule has 120 valence electrons. The molecule has 2 amide bonds. The lowest BCUT2D eigenvalue weighted by atomic mass is 10.0. The van der Waals surface area contributed by atoms with Crippen molar-refractivity contribution in [3.63, 3.8) is 0 Å². The van der Waals surface area contributed by atoms with Crippen LogP contribution in [0.2, 0.25) is 0 Å². The topological polar surface area (TPSA) is 83.6 Å². The lowest BCUT2D eigenvalue weighted by Crippen LogP contribution is -2.49. The molecule has 1 aromatic rings. The molecular formula is C15H20N2O4S. The van der Waals surface area contributed by atoms with Gasteiger partial charge in [-0.3, -0.25) is 9.59 Å². The van der Waals surface area contributed by atoms with Gasteiger partial charge < -0.3 is 10.2 Å². The van der Waals surface area contributed by atoms with E-state index in [4.69, 9.17) is 0 Å². The Morgan fingerprint density at radius 3 is 2.59 bits per heavy atom. The molecule has 7 heteroatoms. The minimum atomic E-state index is -3.47. The van der Waals surface area contributed by atoms with Crippen LogP contribution >= 0.6 is 0 Å². The molecule has 2 rings (SSSR count). The molecule has 1 atom stereocenters. The Kier molecular flexibility index (Phi) is 4.85. The van der Waals surface area contributed by atoms with Gasteiger partial charge in [0.25, 0.3) is 5.91 Å². The Hall–Kier alpha value is -1.89. The number of piperidine rings is 1. The number of carbonyl (C=O) groups excluding carboxylic acids is 2. The summed E-state index contributed by atoms with van der Waals surface area (Å²) in [7, 11) is -3.47. The molecule has 0 aromatic heterocycles. The third-order valence-corrected chi connectivity index (χ3v) is 4.79. The molecule has 1 saturated heterocycles. The summed E-state index contributed by atoms with van der Waals surface area (Å²) in [6, 6.07) is 6.14. The van der Waals surface area contributed by atoms with Crippen LogP contribution < -0.4 is 5.32 Å². The number of hydrogen-bond acceptors (Lipinski definition) is 4. The molecule has 0 saturated carbocycles. The summed E-state index contributed by atoms with van der Waals surface area (Å²) < 4.78 is 23.6. The van der Waals surface area contributed by atoms with Crippen molar-refractivity contribution >= 4 is 21.7 Å². The van der Waals surface area contributed by atoms with Crippen molar-refractivity contribution in [1.29, 1.82) is 0 Å². The third-order valence-electron chi connectivity index (χ3n) is 3.63. The van der Waals surface area contributed by atoms with Crippen molar-refractivity contribution in [2.24, 2.45) is 0 Å². The van der Waals surface area contributed by atoms with Gasteiger partial charge in [0.05, 0.1) is 10.5 Å². The fraction of sp³-hybridized carbons (Fsp3) is 0.467. The van der Waals surface area contributed by atoms with Crippen LogP contribution in [0.4, 0.5) is 0 Å². The molecule has 1 fully saturated rings. The zero-order valence-electron chi connectivity index (χ0n) is 12.7. The molecule has 1 unspecified atom stereocenters. The highest BCUT2D eigenvalue weighted by Gasteiger charge is 2.27. The number of likely N-dealkylation sites (tertiary alicyclic amines) is 1. The average molecular weight is 324 g/mol. The van der Waals surface area contributed by atoms with Crippen LogP contribution in [0.15, 0.2) is 29.2 Å². The molecule has 1 aliphatic heterocycles. The summed E-state index contributed by atoms with van der Waals surface area (Å²) in [5, 5.41) is 2.81. The summed E-state index contributed by atoms with van der Waals surface area (Å²) in [5.41, 5.74) is 0.188. The number of benzene rings is 1. The minimum absolute atomic E-state index is 0.0432. The van der Waals surface area contributed by atoms with Gasteiger partial charge in [-0.2, -0.15) is 0 Å². The SMILES string of the molecule is CC(=O)NC1CCCN(C(=O)c2ccccc2S(C)(=O)=O)C1. The largest absolute Gasteiger partial charge is 0.352 e. The third kappa shape index (κ3) is 3.85. The Bertz CT molecular complexity index is 685. The molecule has 0 spiro atoms. The van der Waals surface area contributed by atoms with Gasteiger partial charge in [-0.1, -0.05) is 12.1 Å². The fourth-order valence-corrected chi connectivity index (χ4v) is 3.58. The lowest BCUT2D eigenvalue weighted by molar-refractivity contribution is -0.120. The van der Waals surface area contributed by atoms with E-state index in [9.17, 15) is 18.0 Å². The maximum absolute atomic E-state index is 12.6. The Balaban J connectivity index is 2.23. The molecule has 0 bridgehead atoms. The molecule has 1 N–H and O–H groups in total. The van der Waals surface area contributed by atoms with Crippen LogP contribution in [-0.4, -0.2) is 50.5 Å². The van der Waals surface area contributed by atoms with Crippen LogP contribution in [-0.2, 0) is 14.6 Å². The van der Waals surface area contributed by atoms with Crippen LogP contribution in [0.1, 0.15) is 30.1 Å². The highest BCUT2D eigenvalue weighted by atomic mass is 32.2. The average Bonchev–Trinajstić information content (AvgIpc) is 2.45. The molecule has 6 nitrogen and oxygen atoms in total. The van der Waals surface area contributed by atoms with Crippen molar-refractivity contribution in [3.05, 3.63) is 29.8 Å². The smallest absolute Gasteiger partial charge is 0.255 e. The fourth-order valence-electron chi connectivity index (χ4n) is 2.70. The Labute approximate surface area is 130 Å². The number of nitrogens with one attached hydrogen (secondary N) is 1. The second-order valence-electron chi connectivity index (χ2n) is 5.56. The van der Waals surface area contributed by atoms with Crippen molar-refractivity contribution < 1.29 is 18.0 Å². The first-order chi connectivity index (χ1) is 10.3. The number of carbonyl (C=O) groups is 2. The van der Waals surface area contributed by atoms with Crippen molar-refractivity contribution in [1.82, 2.24) is 10.2 Å². The van der Waals surface area contributed by atoms with Crippen LogP contribution in [0.5, 0.6) is 0 Å². The molecular weight excluding hydrogens is 304 g/mol. The highest BCUT2D eigenvalue weighted by Crippen LogP contribution is 2.20. The van der Waals surface area contributed by atoms with Crippen LogP contribution in [0, 0.1) is 0 Å². The normalized spacial score (nSPS) is 18.8. The van der Waals surface area contributed by atoms with Gasteiger partial charge in [-0.25, -0.2) is 8.42 Å². The molecule has 1 aliphatic rings. The molecule has 22 heavy (non-hydrogen) atoms. The van der Waals surface area contributed by atoms with E-state index in [1.807, 2.05) is 0 Å². The van der Waals surface area contributed by atoms with Crippen molar-refractivity contribution in [2.45, 2.75) is 30.7 Å². The van der Waals surface area contributed by atoms with Crippen molar-refractivity contribution in [2.75, 3.05) is 19.3 Å². The first-order valence-electron chi connectivity index (χ1n) is 7.14. The van der Waals surface area contributed by atoms with Gasteiger partial charge in [-0.15, -0.1) is 0 Å². The van der Waals surface area contributed by atoms with E-state index in [1.165, 1.54) is 19.1 Å². The van der Waals surface area contributed by atoms with Gasteiger partial charge in [-0.05, 0) is 25.0 Å². The van der Waals surface area contributed by atoms with Crippen LogP contribution in [0.25, 0.3) is 0 Å². The predicted octanol–water partition coefficient (Wildman–Crippen LogP) is 0.831. The summed E-state index contributed by atoms with van der Waals surface area (Å²) in [5.74, 6) is -0.438. The Morgan fingerprint density at radius 1 is 1.27 bits per heavy atom. The van der Waals surface area contributed by atoms with Gasteiger partial charge in [0.1, 0.15) is 0 Å². The van der Waals surface area contributed by atoms with E-state index in [2.05, 4.69) is 5.32 Å².